The lowest BCUT2D eigenvalue weighted by Gasteiger charge is -2.02. The maximum Gasteiger partial charge on any atom is 0.257 e. The molecule has 1 heterocycles. The smallest absolute Gasteiger partial charge is 0.257 e. The number of thiazole rings is 1. The molecule has 2 rings (SSSR count). The predicted octanol–water partition coefficient (Wildman–Crippen LogP) is 3.43. The molecule has 0 saturated heterocycles. The van der Waals surface area contributed by atoms with Gasteiger partial charge in [0, 0.05) is 15.8 Å². The standard InChI is InChI=1S/C12H12N2OS2/c1-8-7-17-12(13-8)14-11(15)9-3-5-10(16-2)6-4-9/h3-7H,1-2H3,(H,13,14,15). The quantitative estimate of drug-likeness (QED) is 0.864. The van der Waals surface area contributed by atoms with Crippen LogP contribution in [0.3, 0.4) is 0 Å². The lowest BCUT2D eigenvalue weighted by atomic mass is 10.2. The second kappa shape index (κ2) is 5.33. The Kier molecular flexibility index (Phi) is 3.81. The fourth-order valence-electron chi connectivity index (χ4n) is 1.32. The summed E-state index contributed by atoms with van der Waals surface area (Å²) in [4.78, 5) is 17.2. The highest BCUT2D eigenvalue weighted by Gasteiger charge is 2.07. The molecule has 1 aromatic carbocycles. The van der Waals surface area contributed by atoms with Crippen LogP contribution in [0.4, 0.5) is 5.13 Å². The number of amides is 1. The van der Waals surface area contributed by atoms with Crippen LogP contribution in [-0.4, -0.2) is 17.1 Å². The first-order valence-electron chi connectivity index (χ1n) is 5.06. The molecule has 17 heavy (non-hydrogen) atoms. The van der Waals surface area contributed by atoms with Crippen LogP contribution in [0.5, 0.6) is 0 Å². The number of thioether (sulfide) groups is 1. The summed E-state index contributed by atoms with van der Waals surface area (Å²) in [7, 11) is 0. The Bertz CT molecular complexity index is 520. The molecule has 0 bridgehead atoms. The summed E-state index contributed by atoms with van der Waals surface area (Å²) in [6.07, 6.45) is 2.01. The summed E-state index contributed by atoms with van der Waals surface area (Å²) in [5.41, 5.74) is 1.57. The van der Waals surface area contributed by atoms with Crippen LogP contribution in [0, 0.1) is 6.92 Å². The molecule has 0 spiro atoms. The maximum absolute atomic E-state index is 11.9. The zero-order valence-electron chi connectivity index (χ0n) is 9.56. The molecular formula is C12H12N2OS2. The van der Waals surface area contributed by atoms with Gasteiger partial charge in [0.2, 0.25) is 0 Å². The Hall–Kier alpha value is -1.33. The number of aryl methyl sites for hydroxylation is 1. The van der Waals surface area contributed by atoms with E-state index < -0.39 is 0 Å². The van der Waals surface area contributed by atoms with Crippen LogP contribution in [0.2, 0.25) is 0 Å². The van der Waals surface area contributed by atoms with Gasteiger partial charge in [0.1, 0.15) is 0 Å². The Morgan fingerprint density at radius 2 is 2.06 bits per heavy atom. The van der Waals surface area contributed by atoms with E-state index in [0.717, 1.165) is 10.6 Å². The zero-order valence-corrected chi connectivity index (χ0v) is 11.2. The number of rotatable bonds is 3. The SMILES string of the molecule is CSc1ccc(C(=O)Nc2nc(C)cs2)cc1. The molecule has 3 nitrogen and oxygen atoms in total. The van der Waals surface area contributed by atoms with Crippen molar-refractivity contribution in [2.24, 2.45) is 0 Å². The molecule has 1 amide bonds. The normalized spacial score (nSPS) is 10.2. The van der Waals surface area contributed by atoms with Crippen molar-refractivity contribution < 1.29 is 4.79 Å². The fraction of sp³-hybridized carbons (Fsp3) is 0.167. The second-order valence-electron chi connectivity index (χ2n) is 3.48. The first-order chi connectivity index (χ1) is 8.19. The molecule has 0 aliphatic heterocycles. The minimum absolute atomic E-state index is 0.119. The number of hydrogen-bond donors (Lipinski definition) is 1. The predicted molar refractivity (Wildman–Crippen MR) is 73.0 cm³/mol. The molecule has 0 fully saturated rings. The Labute approximate surface area is 108 Å². The number of hydrogen-bond acceptors (Lipinski definition) is 4. The number of aromatic nitrogens is 1. The summed E-state index contributed by atoms with van der Waals surface area (Å²) in [5, 5.41) is 5.33. The Morgan fingerprint density at radius 1 is 1.35 bits per heavy atom. The number of benzene rings is 1. The second-order valence-corrected chi connectivity index (χ2v) is 5.21. The molecule has 1 N–H and O–H groups in total. The largest absolute Gasteiger partial charge is 0.298 e. The Balaban J connectivity index is 2.09. The molecule has 0 saturated carbocycles. The average Bonchev–Trinajstić information content (AvgIpc) is 2.75. The van der Waals surface area contributed by atoms with Crippen LogP contribution in [0.15, 0.2) is 34.5 Å². The van der Waals surface area contributed by atoms with E-state index in [9.17, 15) is 4.79 Å². The first-order valence-corrected chi connectivity index (χ1v) is 7.17. The molecule has 1 aromatic heterocycles. The molecule has 2 aromatic rings. The molecule has 88 valence electrons. The summed E-state index contributed by atoms with van der Waals surface area (Å²) in [6.45, 7) is 1.90. The van der Waals surface area contributed by atoms with Crippen LogP contribution in [0.25, 0.3) is 0 Å². The van der Waals surface area contributed by atoms with Crippen molar-refractivity contribution in [3.63, 3.8) is 0 Å². The van der Waals surface area contributed by atoms with Crippen LogP contribution in [0.1, 0.15) is 16.1 Å². The van der Waals surface area contributed by atoms with Crippen molar-refractivity contribution in [3.8, 4) is 0 Å². The van der Waals surface area contributed by atoms with E-state index in [-0.39, 0.29) is 5.91 Å². The van der Waals surface area contributed by atoms with Crippen molar-refractivity contribution in [1.29, 1.82) is 0 Å². The summed E-state index contributed by atoms with van der Waals surface area (Å²) in [6, 6.07) is 7.52. The van der Waals surface area contributed by atoms with Crippen LogP contribution < -0.4 is 5.32 Å². The maximum atomic E-state index is 11.9. The molecule has 0 aliphatic carbocycles. The van der Waals surface area contributed by atoms with Crippen molar-refractivity contribution in [2.75, 3.05) is 11.6 Å². The fourth-order valence-corrected chi connectivity index (χ4v) is 2.41. The van der Waals surface area contributed by atoms with Gasteiger partial charge in [0.25, 0.3) is 5.91 Å². The molecule has 5 heteroatoms. The minimum atomic E-state index is -0.119. The van der Waals surface area contributed by atoms with Gasteiger partial charge in [0.15, 0.2) is 5.13 Å². The van der Waals surface area contributed by atoms with Gasteiger partial charge in [-0.05, 0) is 37.4 Å². The van der Waals surface area contributed by atoms with E-state index in [1.54, 1.807) is 11.8 Å². The van der Waals surface area contributed by atoms with E-state index in [2.05, 4.69) is 10.3 Å². The third kappa shape index (κ3) is 3.08. The molecule has 0 unspecified atom stereocenters. The molecule has 0 aliphatic rings. The average molecular weight is 264 g/mol. The Morgan fingerprint density at radius 3 is 2.59 bits per heavy atom. The minimum Gasteiger partial charge on any atom is -0.298 e. The van der Waals surface area contributed by atoms with E-state index in [0.29, 0.717) is 10.7 Å². The van der Waals surface area contributed by atoms with Gasteiger partial charge in [-0.15, -0.1) is 23.1 Å². The van der Waals surface area contributed by atoms with Gasteiger partial charge in [-0.1, -0.05) is 0 Å². The lowest BCUT2D eigenvalue weighted by Crippen LogP contribution is -2.11. The number of nitrogens with zero attached hydrogens (tertiary/aromatic N) is 1. The van der Waals surface area contributed by atoms with Gasteiger partial charge in [0.05, 0.1) is 5.69 Å². The number of nitrogens with one attached hydrogen (secondary N) is 1. The third-order valence-electron chi connectivity index (χ3n) is 2.19. The zero-order chi connectivity index (χ0) is 12.3. The van der Waals surface area contributed by atoms with Crippen molar-refractivity contribution in [1.82, 2.24) is 4.98 Å². The molecular weight excluding hydrogens is 252 g/mol. The molecule has 0 atom stereocenters. The van der Waals surface area contributed by atoms with Crippen molar-refractivity contribution in [3.05, 3.63) is 40.9 Å². The monoisotopic (exact) mass is 264 g/mol. The van der Waals surface area contributed by atoms with Crippen LogP contribution in [-0.2, 0) is 0 Å². The molecule has 0 radical (unpaired) electrons. The number of carbonyl (C=O) groups is 1. The third-order valence-corrected chi connectivity index (χ3v) is 3.81. The van der Waals surface area contributed by atoms with E-state index >= 15 is 0 Å². The van der Waals surface area contributed by atoms with E-state index in [4.69, 9.17) is 0 Å². The highest BCUT2D eigenvalue weighted by molar-refractivity contribution is 7.98. The van der Waals surface area contributed by atoms with Crippen molar-refractivity contribution >= 4 is 34.1 Å². The summed E-state index contributed by atoms with van der Waals surface area (Å²) in [5.74, 6) is -0.119. The lowest BCUT2D eigenvalue weighted by molar-refractivity contribution is 0.102. The summed E-state index contributed by atoms with van der Waals surface area (Å²) < 4.78 is 0. The highest BCUT2D eigenvalue weighted by Crippen LogP contribution is 2.18. The van der Waals surface area contributed by atoms with Gasteiger partial charge >= 0.3 is 0 Å². The topological polar surface area (TPSA) is 42.0 Å². The summed E-state index contributed by atoms with van der Waals surface area (Å²) >= 11 is 3.09. The van der Waals surface area contributed by atoms with E-state index in [1.807, 2.05) is 42.8 Å². The number of anilines is 1. The van der Waals surface area contributed by atoms with Gasteiger partial charge in [-0.25, -0.2) is 4.98 Å². The van der Waals surface area contributed by atoms with Crippen LogP contribution >= 0.6 is 23.1 Å². The first kappa shape index (κ1) is 12.1. The number of carbonyl (C=O) groups excluding carboxylic acids is 1. The van der Waals surface area contributed by atoms with Crippen molar-refractivity contribution in [2.45, 2.75) is 11.8 Å². The van der Waals surface area contributed by atoms with Gasteiger partial charge in [-0.3, -0.25) is 10.1 Å². The highest BCUT2D eigenvalue weighted by atomic mass is 32.2. The van der Waals surface area contributed by atoms with E-state index in [1.165, 1.54) is 11.3 Å². The van der Waals surface area contributed by atoms with Gasteiger partial charge in [-0.2, -0.15) is 0 Å². The van der Waals surface area contributed by atoms with Gasteiger partial charge < -0.3 is 0 Å².